The molecule has 0 aliphatic heterocycles. The van der Waals surface area contributed by atoms with Gasteiger partial charge in [0, 0.05) is 0 Å². The molecule has 0 N–H and O–H groups in total. The van der Waals surface area contributed by atoms with Crippen molar-refractivity contribution in [3.05, 3.63) is 30.3 Å². The van der Waals surface area contributed by atoms with E-state index < -0.39 is 10.1 Å². The van der Waals surface area contributed by atoms with Gasteiger partial charge in [0.15, 0.2) is 0 Å². The molecule has 0 spiro atoms. The normalized spacial score (nSPS) is 12.6. The molecule has 0 saturated carbocycles. The molecule has 0 aromatic heterocycles. The van der Waals surface area contributed by atoms with Gasteiger partial charge >= 0.3 is 0 Å². The number of hydrogen-bond acceptors (Lipinski definition) is 4. The van der Waals surface area contributed by atoms with E-state index in [1.165, 1.54) is 12.1 Å². The van der Waals surface area contributed by atoms with Gasteiger partial charge in [-0.05, 0) is 17.5 Å². The minimum Gasteiger partial charge on any atom is -0.378 e. The molecule has 0 bridgehead atoms. The van der Waals surface area contributed by atoms with E-state index in [9.17, 15) is 8.42 Å². The molecule has 0 aliphatic rings. The van der Waals surface area contributed by atoms with Crippen molar-refractivity contribution in [3.8, 4) is 0 Å². The zero-order chi connectivity index (χ0) is 13.6. The summed E-state index contributed by atoms with van der Waals surface area (Å²) in [6.07, 6.45) is 0. The molecule has 0 unspecified atom stereocenters. The van der Waals surface area contributed by atoms with E-state index in [1.54, 1.807) is 18.2 Å². The van der Waals surface area contributed by atoms with Crippen LogP contribution in [0.4, 0.5) is 0 Å². The lowest BCUT2D eigenvalue weighted by Crippen LogP contribution is -2.18. The number of benzene rings is 1. The van der Waals surface area contributed by atoms with Crippen LogP contribution in [0.25, 0.3) is 0 Å². The largest absolute Gasteiger partial charge is 0.378 e. The van der Waals surface area contributed by atoms with Crippen LogP contribution in [0.15, 0.2) is 35.2 Å². The third kappa shape index (κ3) is 5.62. The Morgan fingerprint density at radius 3 is 2.22 bits per heavy atom. The molecular weight excluding hydrogens is 252 g/mol. The summed E-state index contributed by atoms with van der Waals surface area (Å²) in [7, 11) is -3.66. The number of ether oxygens (including phenoxy) is 1. The van der Waals surface area contributed by atoms with Crippen molar-refractivity contribution in [2.45, 2.75) is 25.7 Å². The first-order valence-corrected chi connectivity index (χ1v) is 7.24. The monoisotopic (exact) mass is 272 g/mol. The van der Waals surface area contributed by atoms with Crippen LogP contribution in [-0.4, -0.2) is 28.2 Å². The van der Waals surface area contributed by atoms with Gasteiger partial charge in [-0.2, -0.15) is 8.42 Å². The second kappa shape index (κ2) is 6.31. The summed E-state index contributed by atoms with van der Waals surface area (Å²) in [6, 6.07) is 8.08. The first-order valence-electron chi connectivity index (χ1n) is 5.83. The molecule has 18 heavy (non-hydrogen) atoms. The molecule has 0 fully saturated rings. The first kappa shape index (κ1) is 15.1. The van der Waals surface area contributed by atoms with E-state index in [-0.39, 0.29) is 23.5 Å². The summed E-state index contributed by atoms with van der Waals surface area (Å²) >= 11 is 0. The van der Waals surface area contributed by atoms with Crippen molar-refractivity contribution in [1.82, 2.24) is 0 Å². The van der Waals surface area contributed by atoms with Crippen molar-refractivity contribution >= 4 is 10.1 Å². The quantitative estimate of drug-likeness (QED) is 0.589. The molecule has 1 aromatic carbocycles. The van der Waals surface area contributed by atoms with Gasteiger partial charge < -0.3 is 4.74 Å². The van der Waals surface area contributed by atoms with E-state index in [0.29, 0.717) is 6.61 Å². The lowest BCUT2D eigenvalue weighted by Gasteiger charge is -2.17. The predicted octanol–water partition coefficient (Wildman–Crippen LogP) is 2.45. The van der Waals surface area contributed by atoms with Gasteiger partial charge in [-0.3, -0.25) is 4.18 Å². The summed E-state index contributed by atoms with van der Waals surface area (Å²) < 4.78 is 33.6. The Balaban J connectivity index is 2.36. The molecule has 0 atom stereocenters. The van der Waals surface area contributed by atoms with E-state index in [2.05, 4.69) is 20.8 Å². The fourth-order valence-corrected chi connectivity index (χ4v) is 2.15. The lowest BCUT2D eigenvalue weighted by molar-refractivity contribution is 0.0526. The van der Waals surface area contributed by atoms with Gasteiger partial charge in [-0.1, -0.05) is 39.0 Å². The minimum atomic E-state index is -3.66. The predicted molar refractivity (Wildman–Crippen MR) is 69.9 cm³/mol. The van der Waals surface area contributed by atoms with Crippen LogP contribution in [0.3, 0.4) is 0 Å². The third-order valence-corrected chi connectivity index (χ3v) is 3.36. The van der Waals surface area contributed by atoms with Gasteiger partial charge in [0.1, 0.15) is 0 Å². The molecule has 0 radical (unpaired) electrons. The highest BCUT2D eigenvalue weighted by Crippen LogP contribution is 2.13. The van der Waals surface area contributed by atoms with Crippen LogP contribution in [0.5, 0.6) is 0 Å². The van der Waals surface area contributed by atoms with E-state index in [1.807, 2.05) is 0 Å². The van der Waals surface area contributed by atoms with E-state index in [0.717, 1.165) is 0 Å². The first-order chi connectivity index (χ1) is 8.31. The Morgan fingerprint density at radius 1 is 1.06 bits per heavy atom. The number of rotatable bonds is 6. The molecule has 4 nitrogen and oxygen atoms in total. The van der Waals surface area contributed by atoms with Gasteiger partial charge in [0.25, 0.3) is 10.1 Å². The maximum atomic E-state index is 11.7. The molecule has 0 aliphatic carbocycles. The van der Waals surface area contributed by atoms with Crippen molar-refractivity contribution < 1.29 is 17.3 Å². The Labute approximate surface area is 109 Å². The molecule has 1 aromatic rings. The Kier molecular flexibility index (Phi) is 5.31. The maximum absolute atomic E-state index is 11.7. The number of hydrogen-bond donors (Lipinski definition) is 0. The average molecular weight is 272 g/mol. The van der Waals surface area contributed by atoms with Gasteiger partial charge in [0.05, 0.1) is 24.7 Å². The van der Waals surface area contributed by atoms with Gasteiger partial charge in [0.2, 0.25) is 0 Å². The molecule has 0 heterocycles. The third-order valence-electron chi connectivity index (χ3n) is 2.03. The van der Waals surface area contributed by atoms with Crippen molar-refractivity contribution in [3.63, 3.8) is 0 Å². The topological polar surface area (TPSA) is 52.6 Å². The summed E-state index contributed by atoms with van der Waals surface area (Å²) in [5, 5.41) is 0. The molecular formula is C13H20O4S. The fraction of sp³-hybridized carbons (Fsp3) is 0.538. The van der Waals surface area contributed by atoms with Crippen LogP contribution < -0.4 is 0 Å². The Bertz CT molecular complexity index is 446. The minimum absolute atomic E-state index is 0.0350. The Hall–Kier alpha value is -0.910. The van der Waals surface area contributed by atoms with Crippen LogP contribution in [0.1, 0.15) is 20.8 Å². The average Bonchev–Trinajstić information content (AvgIpc) is 2.28. The maximum Gasteiger partial charge on any atom is 0.297 e. The highest BCUT2D eigenvalue weighted by atomic mass is 32.2. The van der Waals surface area contributed by atoms with Crippen LogP contribution >= 0.6 is 0 Å². The fourth-order valence-electron chi connectivity index (χ4n) is 1.24. The smallest absolute Gasteiger partial charge is 0.297 e. The standard InChI is InChI=1S/C13H20O4S/c1-13(2,3)11-16-9-10-17-18(14,15)12-7-5-4-6-8-12/h4-8H,9-11H2,1-3H3. The SMILES string of the molecule is CC(C)(C)COCCOS(=O)(=O)c1ccccc1. The molecule has 0 amide bonds. The zero-order valence-electron chi connectivity index (χ0n) is 11.0. The molecule has 0 saturated heterocycles. The Morgan fingerprint density at radius 2 is 1.67 bits per heavy atom. The summed E-state index contributed by atoms with van der Waals surface area (Å²) in [6.45, 7) is 7.02. The lowest BCUT2D eigenvalue weighted by atomic mass is 9.99. The van der Waals surface area contributed by atoms with Crippen LogP contribution in [0.2, 0.25) is 0 Å². The van der Waals surface area contributed by atoms with E-state index >= 15 is 0 Å². The summed E-state index contributed by atoms with van der Waals surface area (Å²) in [4.78, 5) is 0.167. The highest BCUT2D eigenvalue weighted by molar-refractivity contribution is 7.86. The second-order valence-corrected chi connectivity index (χ2v) is 6.82. The summed E-state index contributed by atoms with van der Waals surface area (Å²) in [5.74, 6) is 0. The van der Waals surface area contributed by atoms with Crippen molar-refractivity contribution in [2.24, 2.45) is 5.41 Å². The van der Waals surface area contributed by atoms with E-state index in [4.69, 9.17) is 8.92 Å². The molecule has 5 heteroatoms. The van der Waals surface area contributed by atoms with Crippen molar-refractivity contribution in [2.75, 3.05) is 19.8 Å². The second-order valence-electron chi connectivity index (χ2n) is 5.20. The zero-order valence-corrected chi connectivity index (χ0v) is 11.9. The van der Waals surface area contributed by atoms with Crippen LogP contribution in [-0.2, 0) is 19.0 Å². The van der Waals surface area contributed by atoms with Gasteiger partial charge in [-0.15, -0.1) is 0 Å². The van der Waals surface area contributed by atoms with Gasteiger partial charge in [-0.25, -0.2) is 0 Å². The summed E-state index contributed by atoms with van der Waals surface area (Å²) in [5.41, 5.74) is 0.0678. The molecule has 1 rings (SSSR count). The van der Waals surface area contributed by atoms with Crippen molar-refractivity contribution in [1.29, 1.82) is 0 Å². The highest BCUT2D eigenvalue weighted by Gasteiger charge is 2.14. The molecule has 102 valence electrons. The van der Waals surface area contributed by atoms with Crippen LogP contribution in [0, 0.1) is 5.41 Å².